The maximum atomic E-state index is 11.5. The second-order valence-corrected chi connectivity index (χ2v) is 3.92. The number of amides is 3. The van der Waals surface area contributed by atoms with Crippen LogP contribution in [0.5, 0.6) is 0 Å². The fourth-order valence-corrected chi connectivity index (χ4v) is 1.17. The second kappa shape index (κ2) is 6.81. The van der Waals surface area contributed by atoms with Gasteiger partial charge in [0.1, 0.15) is 6.04 Å². The van der Waals surface area contributed by atoms with Crippen LogP contribution in [0, 0.1) is 5.92 Å². The Bertz CT molecular complexity index is 266. The summed E-state index contributed by atoms with van der Waals surface area (Å²) in [4.78, 5) is 34.4. The normalized spacial score (nSPS) is 11.8. The first kappa shape index (κ1) is 14.4. The summed E-state index contributed by atoms with van der Waals surface area (Å²) in [7, 11) is 3.01. The number of carbonyl (C=O) groups is 3. The Balaban J connectivity index is 4.35. The fraction of sp³-hybridized carbons (Fsp3) is 0.700. The van der Waals surface area contributed by atoms with Crippen molar-refractivity contribution in [2.75, 3.05) is 20.6 Å². The monoisotopic (exact) mass is 229 g/mol. The highest BCUT2D eigenvalue weighted by atomic mass is 16.2. The second-order valence-electron chi connectivity index (χ2n) is 3.92. The van der Waals surface area contributed by atoms with E-state index in [1.807, 2.05) is 13.8 Å². The van der Waals surface area contributed by atoms with E-state index in [-0.39, 0.29) is 24.3 Å². The molecule has 0 spiro atoms. The van der Waals surface area contributed by atoms with Crippen molar-refractivity contribution in [1.82, 2.24) is 15.5 Å². The van der Waals surface area contributed by atoms with Gasteiger partial charge in [-0.05, 0) is 5.92 Å². The van der Waals surface area contributed by atoms with E-state index in [0.29, 0.717) is 6.41 Å². The molecule has 0 aliphatic carbocycles. The molecule has 6 heteroatoms. The minimum Gasteiger partial charge on any atom is -0.357 e. The highest BCUT2D eigenvalue weighted by Crippen LogP contribution is 2.01. The predicted molar refractivity (Wildman–Crippen MR) is 59.5 cm³/mol. The summed E-state index contributed by atoms with van der Waals surface area (Å²) in [6.45, 7) is 3.62. The molecule has 0 saturated carbocycles. The lowest BCUT2D eigenvalue weighted by Crippen LogP contribution is -2.50. The van der Waals surface area contributed by atoms with E-state index in [2.05, 4.69) is 10.6 Å². The number of likely N-dealkylation sites (N-methyl/N-ethyl adjacent to an activating group) is 2. The summed E-state index contributed by atoms with van der Waals surface area (Å²) in [6.07, 6.45) is 0.559. The van der Waals surface area contributed by atoms with E-state index < -0.39 is 6.04 Å². The molecule has 6 nitrogen and oxygen atoms in total. The zero-order valence-corrected chi connectivity index (χ0v) is 10.1. The molecule has 0 rings (SSSR count). The zero-order chi connectivity index (χ0) is 12.7. The maximum Gasteiger partial charge on any atom is 0.242 e. The van der Waals surface area contributed by atoms with E-state index in [4.69, 9.17) is 0 Å². The Kier molecular flexibility index (Phi) is 6.14. The first-order chi connectivity index (χ1) is 7.42. The molecular weight excluding hydrogens is 210 g/mol. The largest absolute Gasteiger partial charge is 0.357 e. The topological polar surface area (TPSA) is 78.5 Å². The molecule has 0 aliphatic heterocycles. The van der Waals surface area contributed by atoms with Gasteiger partial charge in [-0.2, -0.15) is 0 Å². The van der Waals surface area contributed by atoms with E-state index in [1.54, 1.807) is 0 Å². The van der Waals surface area contributed by atoms with Crippen molar-refractivity contribution < 1.29 is 14.4 Å². The quantitative estimate of drug-likeness (QED) is 0.571. The fourth-order valence-electron chi connectivity index (χ4n) is 1.17. The molecule has 0 aromatic rings. The van der Waals surface area contributed by atoms with Gasteiger partial charge >= 0.3 is 0 Å². The van der Waals surface area contributed by atoms with E-state index >= 15 is 0 Å². The molecule has 0 radical (unpaired) electrons. The Hall–Kier alpha value is -1.59. The van der Waals surface area contributed by atoms with E-state index in [9.17, 15) is 14.4 Å². The number of nitrogens with one attached hydrogen (secondary N) is 2. The zero-order valence-electron chi connectivity index (χ0n) is 10.1. The molecular formula is C10H19N3O3. The van der Waals surface area contributed by atoms with Crippen LogP contribution >= 0.6 is 0 Å². The lowest BCUT2D eigenvalue weighted by molar-refractivity contribution is -0.131. The molecule has 0 bridgehead atoms. The Morgan fingerprint density at radius 3 is 2.31 bits per heavy atom. The lowest BCUT2D eigenvalue weighted by Gasteiger charge is -2.21. The van der Waals surface area contributed by atoms with Crippen molar-refractivity contribution in [2.24, 2.45) is 5.92 Å². The Morgan fingerprint density at radius 1 is 1.38 bits per heavy atom. The molecule has 0 heterocycles. The van der Waals surface area contributed by atoms with Crippen LogP contribution < -0.4 is 10.6 Å². The average Bonchev–Trinajstić information content (AvgIpc) is 2.24. The lowest BCUT2D eigenvalue weighted by atomic mass is 10.0. The molecule has 1 unspecified atom stereocenters. The molecule has 3 amide bonds. The third-order valence-electron chi connectivity index (χ3n) is 2.08. The highest BCUT2D eigenvalue weighted by molar-refractivity contribution is 5.88. The summed E-state index contributed by atoms with van der Waals surface area (Å²) < 4.78 is 0. The van der Waals surface area contributed by atoms with Crippen LogP contribution in [0.1, 0.15) is 13.8 Å². The van der Waals surface area contributed by atoms with Crippen molar-refractivity contribution in [3.63, 3.8) is 0 Å². The molecule has 1 atom stereocenters. The summed E-state index contributed by atoms with van der Waals surface area (Å²) in [5, 5.41) is 5.06. The minimum absolute atomic E-state index is 0.00885. The van der Waals surface area contributed by atoms with Gasteiger partial charge in [0.05, 0.1) is 6.54 Å². The van der Waals surface area contributed by atoms with Crippen LogP contribution in [0.2, 0.25) is 0 Å². The molecule has 0 aliphatic rings. The Morgan fingerprint density at radius 2 is 1.94 bits per heavy atom. The number of nitrogens with zero attached hydrogens (tertiary/aromatic N) is 1. The summed E-state index contributed by atoms with van der Waals surface area (Å²) >= 11 is 0. The van der Waals surface area contributed by atoms with Crippen molar-refractivity contribution in [3.8, 4) is 0 Å². The molecule has 2 N–H and O–H groups in total. The van der Waals surface area contributed by atoms with Crippen LogP contribution in [0.25, 0.3) is 0 Å². The average molecular weight is 229 g/mol. The predicted octanol–water partition coefficient (Wildman–Crippen LogP) is -1.04. The van der Waals surface area contributed by atoms with Gasteiger partial charge in [-0.25, -0.2) is 0 Å². The first-order valence-corrected chi connectivity index (χ1v) is 5.08. The van der Waals surface area contributed by atoms with Gasteiger partial charge < -0.3 is 15.5 Å². The van der Waals surface area contributed by atoms with Crippen molar-refractivity contribution in [2.45, 2.75) is 19.9 Å². The van der Waals surface area contributed by atoms with Crippen LogP contribution in [-0.4, -0.2) is 49.8 Å². The van der Waals surface area contributed by atoms with Crippen molar-refractivity contribution in [3.05, 3.63) is 0 Å². The number of rotatable bonds is 6. The first-order valence-electron chi connectivity index (χ1n) is 5.08. The molecule has 92 valence electrons. The number of hydrogen-bond acceptors (Lipinski definition) is 3. The third kappa shape index (κ3) is 4.77. The minimum atomic E-state index is -0.572. The number of carbonyl (C=O) groups excluding carboxylic acids is 3. The van der Waals surface area contributed by atoms with Gasteiger partial charge in [0.2, 0.25) is 18.2 Å². The van der Waals surface area contributed by atoms with Gasteiger partial charge in [-0.3, -0.25) is 14.4 Å². The van der Waals surface area contributed by atoms with Crippen LogP contribution in [0.3, 0.4) is 0 Å². The summed E-state index contributed by atoms with van der Waals surface area (Å²) in [5.74, 6) is -0.598. The molecule has 0 saturated heterocycles. The Labute approximate surface area is 95.4 Å². The molecule has 0 aromatic heterocycles. The SMILES string of the molecule is CNC(=O)C(NC(=O)CN(C)C=O)C(C)C. The van der Waals surface area contributed by atoms with Gasteiger partial charge in [0.25, 0.3) is 0 Å². The molecule has 16 heavy (non-hydrogen) atoms. The summed E-state index contributed by atoms with van der Waals surface area (Å²) in [5.41, 5.74) is 0. The molecule has 0 fully saturated rings. The van der Waals surface area contributed by atoms with Gasteiger partial charge in [0.15, 0.2) is 0 Å². The third-order valence-corrected chi connectivity index (χ3v) is 2.08. The van der Waals surface area contributed by atoms with Crippen molar-refractivity contribution >= 4 is 18.2 Å². The molecule has 0 aromatic carbocycles. The van der Waals surface area contributed by atoms with E-state index in [0.717, 1.165) is 0 Å². The number of hydrogen-bond donors (Lipinski definition) is 2. The summed E-state index contributed by atoms with van der Waals surface area (Å²) in [6, 6.07) is -0.572. The van der Waals surface area contributed by atoms with Crippen LogP contribution in [0.4, 0.5) is 0 Å². The smallest absolute Gasteiger partial charge is 0.242 e. The van der Waals surface area contributed by atoms with Gasteiger partial charge in [0, 0.05) is 14.1 Å². The maximum absolute atomic E-state index is 11.5. The van der Waals surface area contributed by atoms with Crippen LogP contribution in [0.15, 0.2) is 0 Å². The van der Waals surface area contributed by atoms with Gasteiger partial charge in [-0.15, -0.1) is 0 Å². The van der Waals surface area contributed by atoms with E-state index in [1.165, 1.54) is 19.0 Å². The highest BCUT2D eigenvalue weighted by Gasteiger charge is 2.23. The standard InChI is InChI=1S/C10H19N3O3/c1-7(2)9(10(16)11-3)12-8(15)5-13(4)6-14/h6-7,9H,5H2,1-4H3,(H,11,16)(H,12,15). The van der Waals surface area contributed by atoms with Crippen molar-refractivity contribution in [1.29, 1.82) is 0 Å². The van der Waals surface area contributed by atoms with Gasteiger partial charge in [-0.1, -0.05) is 13.8 Å². The van der Waals surface area contributed by atoms with Crippen LogP contribution in [-0.2, 0) is 14.4 Å².